The van der Waals surface area contributed by atoms with Crippen LogP contribution in [0, 0.1) is 0 Å². The fourth-order valence-electron chi connectivity index (χ4n) is 2.29. The van der Waals surface area contributed by atoms with Crippen molar-refractivity contribution in [2.75, 3.05) is 13.2 Å². The minimum atomic E-state index is -0.914. The van der Waals surface area contributed by atoms with E-state index in [2.05, 4.69) is 4.98 Å². The summed E-state index contributed by atoms with van der Waals surface area (Å²) in [5.41, 5.74) is 1.25. The molecule has 3 aromatic rings. The topological polar surface area (TPSA) is 68.7 Å². The van der Waals surface area contributed by atoms with Crippen molar-refractivity contribution in [3.05, 3.63) is 64.6 Å². The Labute approximate surface area is 159 Å². The number of halogens is 1. The summed E-state index contributed by atoms with van der Waals surface area (Å²) in [5.74, 6) is 0.496. The van der Waals surface area contributed by atoms with Gasteiger partial charge in [0, 0.05) is 10.4 Å². The number of ether oxygens (including phenoxy) is 2. The molecule has 0 spiro atoms. The number of carboxylic acid groups (broad SMARTS) is 1. The van der Waals surface area contributed by atoms with Gasteiger partial charge >= 0.3 is 5.97 Å². The van der Waals surface area contributed by atoms with Crippen molar-refractivity contribution in [2.24, 2.45) is 0 Å². The summed E-state index contributed by atoms with van der Waals surface area (Å²) in [5, 5.41) is 11.8. The number of aromatic nitrogens is 1. The number of hydrogen-bond donors (Lipinski definition) is 1. The Morgan fingerprint density at radius 2 is 1.88 bits per heavy atom. The van der Waals surface area contributed by atoms with Gasteiger partial charge in [-0.05, 0) is 30.3 Å². The van der Waals surface area contributed by atoms with E-state index in [-0.39, 0.29) is 6.42 Å². The third-order valence-electron chi connectivity index (χ3n) is 3.41. The first kappa shape index (κ1) is 18.2. The molecular formula is C19H16ClNO4S. The van der Waals surface area contributed by atoms with Crippen LogP contribution in [-0.2, 0) is 11.2 Å². The first-order valence-corrected chi connectivity index (χ1v) is 9.14. The Balaban J connectivity index is 1.67. The zero-order valence-electron chi connectivity index (χ0n) is 13.7. The monoisotopic (exact) mass is 389 g/mol. The van der Waals surface area contributed by atoms with Gasteiger partial charge in [-0.25, -0.2) is 4.98 Å². The first-order valence-electron chi connectivity index (χ1n) is 7.88. The normalized spacial score (nSPS) is 10.5. The van der Waals surface area contributed by atoms with Crippen molar-refractivity contribution in [3.8, 4) is 22.1 Å². The van der Waals surface area contributed by atoms with E-state index in [0.29, 0.717) is 34.7 Å². The van der Waals surface area contributed by atoms with Crippen molar-refractivity contribution >= 4 is 28.9 Å². The van der Waals surface area contributed by atoms with Crippen LogP contribution < -0.4 is 9.47 Å². The number of carboxylic acids is 1. The second-order valence-electron chi connectivity index (χ2n) is 5.36. The van der Waals surface area contributed by atoms with Crippen LogP contribution in [0.4, 0.5) is 0 Å². The van der Waals surface area contributed by atoms with Crippen LogP contribution in [0.2, 0.25) is 5.02 Å². The average molecular weight is 390 g/mol. The van der Waals surface area contributed by atoms with Crippen molar-refractivity contribution in [1.29, 1.82) is 0 Å². The quantitative estimate of drug-likeness (QED) is 0.572. The molecule has 0 saturated carbocycles. The zero-order valence-corrected chi connectivity index (χ0v) is 15.3. The number of thiazole rings is 1. The molecule has 3 rings (SSSR count). The van der Waals surface area contributed by atoms with E-state index >= 15 is 0 Å². The number of nitrogens with zero attached hydrogens (tertiary/aromatic N) is 1. The maximum absolute atomic E-state index is 10.8. The lowest BCUT2D eigenvalue weighted by molar-refractivity contribution is -0.136. The summed E-state index contributed by atoms with van der Waals surface area (Å²) < 4.78 is 11.4. The molecule has 5 nitrogen and oxygen atoms in total. The molecule has 1 N–H and O–H groups in total. The van der Waals surface area contributed by atoms with Crippen LogP contribution in [0.5, 0.6) is 11.5 Å². The first-order chi connectivity index (χ1) is 12.6. The second kappa shape index (κ2) is 8.69. The molecular weight excluding hydrogens is 374 g/mol. The van der Waals surface area contributed by atoms with E-state index in [0.717, 1.165) is 11.3 Å². The summed E-state index contributed by atoms with van der Waals surface area (Å²) in [6.07, 6.45) is -0.113. The highest BCUT2D eigenvalue weighted by molar-refractivity contribution is 7.13. The van der Waals surface area contributed by atoms with E-state index in [1.54, 1.807) is 23.6 Å². The average Bonchev–Trinajstić information content (AvgIpc) is 3.08. The summed E-state index contributed by atoms with van der Waals surface area (Å²) in [7, 11) is 0. The van der Waals surface area contributed by atoms with Crippen molar-refractivity contribution in [1.82, 2.24) is 4.98 Å². The highest BCUT2D eigenvalue weighted by atomic mass is 35.5. The van der Waals surface area contributed by atoms with Gasteiger partial charge in [0.15, 0.2) is 0 Å². The van der Waals surface area contributed by atoms with Crippen LogP contribution in [0.25, 0.3) is 10.6 Å². The standard InChI is InChI=1S/C19H16ClNO4S/c20-13-6-7-17(25-9-8-24-15-4-2-1-3-5-15)16(10-13)19-21-14(12-26-19)11-18(22)23/h1-7,10,12H,8-9,11H2,(H,22,23). The van der Waals surface area contributed by atoms with Gasteiger partial charge in [0.1, 0.15) is 29.7 Å². The fourth-order valence-corrected chi connectivity index (χ4v) is 3.30. The number of rotatable bonds is 8. The number of aliphatic carboxylic acids is 1. The van der Waals surface area contributed by atoms with Gasteiger partial charge in [0.2, 0.25) is 0 Å². The third-order valence-corrected chi connectivity index (χ3v) is 4.57. The molecule has 7 heteroatoms. The molecule has 0 saturated heterocycles. The number of benzene rings is 2. The third kappa shape index (κ3) is 4.97. The largest absolute Gasteiger partial charge is 0.490 e. The van der Waals surface area contributed by atoms with Crippen molar-refractivity contribution < 1.29 is 19.4 Å². The van der Waals surface area contributed by atoms with E-state index in [4.69, 9.17) is 26.2 Å². The van der Waals surface area contributed by atoms with E-state index in [1.165, 1.54) is 11.3 Å². The minimum Gasteiger partial charge on any atom is -0.490 e. The molecule has 0 aliphatic rings. The molecule has 1 heterocycles. The Morgan fingerprint density at radius 1 is 1.12 bits per heavy atom. The van der Waals surface area contributed by atoms with Gasteiger partial charge in [0.25, 0.3) is 0 Å². The smallest absolute Gasteiger partial charge is 0.309 e. The van der Waals surface area contributed by atoms with Crippen LogP contribution in [-0.4, -0.2) is 29.3 Å². The Morgan fingerprint density at radius 3 is 2.65 bits per heavy atom. The highest BCUT2D eigenvalue weighted by Crippen LogP contribution is 2.34. The van der Waals surface area contributed by atoms with Crippen LogP contribution in [0.3, 0.4) is 0 Å². The summed E-state index contributed by atoms with van der Waals surface area (Å²) >= 11 is 7.46. The minimum absolute atomic E-state index is 0.113. The van der Waals surface area contributed by atoms with E-state index in [1.807, 2.05) is 30.3 Å². The van der Waals surface area contributed by atoms with Gasteiger partial charge in [-0.1, -0.05) is 29.8 Å². The molecule has 0 atom stereocenters. The Bertz CT molecular complexity index is 882. The maximum Gasteiger partial charge on any atom is 0.309 e. The molecule has 0 aliphatic carbocycles. The van der Waals surface area contributed by atoms with Crippen molar-refractivity contribution in [2.45, 2.75) is 6.42 Å². The molecule has 2 aromatic carbocycles. The van der Waals surface area contributed by atoms with Crippen LogP contribution in [0.1, 0.15) is 5.69 Å². The fraction of sp³-hybridized carbons (Fsp3) is 0.158. The predicted molar refractivity (Wildman–Crippen MR) is 101 cm³/mol. The number of para-hydroxylation sites is 1. The molecule has 26 heavy (non-hydrogen) atoms. The summed E-state index contributed by atoms with van der Waals surface area (Å²) in [4.78, 5) is 15.2. The zero-order chi connectivity index (χ0) is 18.4. The Kier molecular flexibility index (Phi) is 6.09. The van der Waals surface area contributed by atoms with Crippen LogP contribution >= 0.6 is 22.9 Å². The summed E-state index contributed by atoms with van der Waals surface area (Å²) in [6, 6.07) is 14.8. The molecule has 0 unspecified atom stereocenters. The lowest BCUT2D eigenvalue weighted by Gasteiger charge is -2.11. The lowest BCUT2D eigenvalue weighted by atomic mass is 10.2. The van der Waals surface area contributed by atoms with E-state index in [9.17, 15) is 4.79 Å². The van der Waals surface area contributed by atoms with E-state index < -0.39 is 5.97 Å². The SMILES string of the molecule is O=C(O)Cc1csc(-c2cc(Cl)ccc2OCCOc2ccccc2)n1. The molecule has 0 radical (unpaired) electrons. The number of hydrogen-bond acceptors (Lipinski definition) is 5. The van der Waals surface area contributed by atoms with Gasteiger partial charge in [-0.2, -0.15) is 0 Å². The van der Waals surface area contributed by atoms with Gasteiger partial charge in [-0.3, -0.25) is 4.79 Å². The predicted octanol–water partition coefficient (Wildman–Crippen LogP) is 4.55. The molecule has 0 amide bonds. The molecule has 0 aliphatic heterocycles. The van der Waals surface area contributed by atoms with Gasteiger partial charge in [-0.15, -0.1) is 11.3 Å². The second-order valence-corrected chi connectivity index (χ2v) is 6.66. The number of carbonyl (C=O) groups is 1. The van der Waals surface area contributed by atoms with Gasteiger partial charge in [0.05, 0.1) is 17.7 Å². The molecule has 134 valence electrons. The maximum atomic E-state index is 10.8. The lowest BCUT2D eigenvalue weighted by Crippen LogP contribution is -2.09. The van der Waals surface area contributed by atoms with Crippen molar-refractivity contribution in [3.63, 3.8) is 0 Å². The molecule has 0 fully saturated rings. The molecule has 1 aromatic heterocycles. The Hall–Kier alpha value is -2.57. The highest BCUT2D eigenvalue weighted by Gasteiger charge is 2.13. The van der Waals surface area contributed by atoms with Gasteiger partial charge < -0.3 is 14.6 Å². The summed E-state index contributed by atoms with van der Waals surface area (Å²) in [6.45, 7) is 0.755. The molecule has 0 bridgehead atoms. The van der Waals surface area contributed by atoms with Crippen LogP contribution in [0.15, 0.2) is 53.9 Å².